The summed E-state index contributed by atoms with van der Waals surface area (Å²) in [7, 11) is 0. The molecule has 0 spiro atoms. The van der Waals surface area contributed by atoms with Crippen molar-refractivity contribution in [3.8, 4) is 11.8 Å². The molecule has 0 bridgehead atoms. The van der Waals surface area contributed by atoms with Gasteiger partial charge in [0.1, 0.15) is 12.4 Å². The van der Waals surface area contributed by atoms with E-state index >= 15 is 0 Å². The number of hydrogen-bond donors (Lipinski definition) is 1. The van der Waals surface area contributed by atoms with Crippen LogP contribution in [0, 0.1) is 11.3 Å². The van der Waals surface area contributed by atoms with Crippen molar-refractivity contribution in [2.24, 2.45) is 0 Å². The highest BCUT2D eigenvalue weighted by molar-refractivity contribution is 5.91. The largest absolute Gasteiger partial charge is 0.473 e. The number of carbonyl (C=O) groups excluding carboxylic acids is 2. The monoisotopic (exact) mass is 314 g/mol. The van der Waals surface area contributed by atoms with Crippen LogP contribution in [-0.2, 0) is 14.3 Å². The van der Waals surface area contributed by atoms with Gasteiger partial charge in [0, 0.05) is 11.6 Å². The van der Waals surface area contributed by atoms with Crippen LogP contribution in [-0.4, -0.2) is 25.2 Å². The molecule has 0 heterocycles. The second kappa shape index (κ2) is 9.79. The Labute approximate surface area is 135 Å². The van der Waals surface area contributed by atoms with Gasteiger partial charge in [-0.3, -0.25) is 4.79 Å². The third-order valence-electron chi connectivity index (χ3n) is 2.61. The zero-order chi connectivity index (χ0) is 17.1. The van der Waals surface area contributed by atoms with E-state index in [1.54, 1.807) is 37.3 Å². The lowest BCUT2D eigenvalue weighted by atomic mass is 10.2. The highest BCUT2D eigenvalue weighted by Gasteiger charge is 2.01. The van der Waals surface area contributed by atoms with Crippen LogP contribution in [0.15, 0.2) is 42.5 Å². The molecule has 1 N–H and O–H groups in total. The highest BCUT2D eigenvalue weighted by Crippen LogP contribution is 2.13. The summed E-state index contributed by atoms with van der Waals surface area (Å²) in [4.78, 5) is 22.6. The molecule has 0 saturated carbocycles. The van der Waals surface area contributed by atoms with Crippen LogP contribution in [0.2, 0.25) is 0 Å². The lowest BCUT2D eigenvalue weighted by Gasteiger charge is -2.07. The lowest BCUT2D eigenvalue weighted by Crippen LogP contribution is -2.27. The standard InChI is InChI=1S/C17H18N2O4/c1-13(2)17(21)19-12-23-15-7-4-14(5-8-15)6-9-16(20)22-11-3-10-18/h4-9H,1,3,11-12H2,2H3,(H,19,21)/b9-6+. The molecule has 1 amide bonds. The Morgan fingerprint density at radius 3 is 2.65 bits per heavy atom. The van der Waals surface area contributed by atoms with Gasteiger partial charge in [0.2, 0.25) is 5.91 Å². The molecule has 1 rings (SSSR count). The van der Waals surface area contributed by atoms with Crippen LogP contribution in [0.25, 0.3) is 6.08 Å². The van der Waals surface area contributed by atoms with Crippen molar-refractivity contribution in [2.45, 2.75) is 13.3 Å². The smallest absolute Gasteiger partial charge is 0.330 e. The fourth-order valence-corrected chi connectivity index (χ4v) is 1.42. The summed E-state index contributed by atoms with van der Waals surface area (Å²) >= 11 is 0. The van der Waals surface area contributed by atoms with Crippen molar-refractivity contribution in [3.63, 3.8) is 0 Å². The van der Waals surface area contributed by atoms with E-state index in [-0.39, 0.29) is 25.7 Å². The predicted molar refractivity (Wildman–Crippen MR) is 85.1 cm³/mol. The van der Waals surface area contributed by atoms with Crippen molar-refractivity contribution in [1.82, 2.24) is 5.32 Å². The molecule has 0 aliphatic heterocycles. The summed E-state index contributed by atoms with van der Waals surface area (Å²) < 4.78 is 10.2. The van der Waals surface area contributed by atoms with Gasteiger partial charge in [-0.2, -0.15) is 5.26 Å². The van der Waals surface area contributed by atoms with Gasteiger partial charge in [-0.05, 0) is 30.7 Å². The van der Waals surface area contributed by atoms with Crippen molar-refractivity contribution >= 4 is 18.0 Å². The predicted octanol–water partition coefficient (Wildman–Crippen LogP) is 2.19. The first kappa shape index (κ1) is 18.0. The van der Waals surface area contributed by atoms with Gasteiger partial charge < -0.3 is 14.8 Å². The number of esters is 1. The number of amides is 1. The van der Waals surface area contributed by atoms with Crippen molar-refractivity contribution < 1.29 is 19.1 Å². The molecule has 0 aliphatic carbocycles. The SMILES string of the molecule is C=C(C)C(=O)NCOc1ccc(/C=C/C(=O)OCCC#N)cc1. The fraction of sp³-hybridized carbons (Fsp3) is 0.235. The first-order valence-electron chi connectivity index (χ1n) is 6.91. The average Bonchev–Trinajstić information content (AvgIpc) is 2.54. The molecule has 120 valence electrons. The number of carbonyl (C=O) groups is 2. The van der Waals surface area contributed by atoms with E-state index in [2.05, 4.69) is 11.9 Å². The topological polar surface area (TPSA) is 88.4 Å². The van der Waals surface area contributed by atoms with E-state index in [1.807, 2.05) is 6.07 Å². The zero-order valence-corrected chi connectivity index (χ0v) is 12.9. The normalized spacial score (nSPS) is 9.91. The van der Waals surface area contributed by atoms with E-state index in [0.29, 0.717) is 11.3 Å². The van der Waals surface area contributed by atoms with Crippen LogP contribution in [0.3, 0.4) is 0 Å². The Balaban J connectivity index is 2.41. The number of hydrogen-bond acceptors (Lipinski definition) is 5. The van der Waals surface area contributed by atoms with E-state index < -0.39 is 5.97 Å². The van der Waals surface area contributed by atoms with E-state index in [9.17, 15) is 9.59 Å². The summed E-state index contributed by atoms with van der Waals surface area (Å²) in [6.45, 7) is 5.27. The molecule has 0 unspecified atom stereocenters. The maximum absolute atomic E-state index is 11.3. The van der Waals surface area contributed by atoms with Gasteiger partial charge in [-0.25, -0.2) is 4.79 Å². The third-order valence-corrected chi connectivity index (χ3v) is 2.61. The summed E-state index contributed by atoms with van der Waals surface area (Å²) in [6, 6.07) is 8.84. The number of nitrogens with one attached hydrogen (secondary N) is 1. The average molecular weight is 314 g/mol. The molecule has 0 saturated heterocycles. The van der Waals surface area contributed by atoms with Crippen LogP contribution in [0.1, 0.15) is 18.9 Å². The molecule has 0 atom stereocenters. The minimum absolute atomic E-state index is 0.0477. The third kappa shape index (κ3) is 7.48. The molecule has 6 heteroatoms. The van der Waals surface area contributed by atoms with Crippen molar-refractivity contribution in [1.29, 1.82) is 5.26 Å². The van der Waals surface area contributed by atoms with Gasteiger partial charge in [0.25, 0.3) is 0 Å². The molecule has 0 radical (unpaired) electrons. The van der Waals surface area contributed by atoms with E-state index in [1.165, 1.54) is 6.08 Å². The molecule has 23 heavy (non-hydrogen) atoms. The van der Waals surface area contributed by atoms with Gasteiger partial charge in [-0.1, -0.05) is 18.7 Å². The number of ether oxygens (including phenoxy) is 2. The molecule has 0 aliphatic rings. The summed E-state index contributed by atoms with van der Waals surface area (Å²) in [5.41, 5.74) is 1.20. The Bertz CT molecular complexity index is 627. The molecular formula is C17H18N2O4. The molecular weight excluding hydrogens is 296 g/mol. The lowest BCUT2D eigenvalue weighted by molar-refractivity contribution is -0.137. The first-order chi connectivity index (χ1) is 11.0. The second-order valence-electron chi connectivity index (χ2n) is 4.55. The van der Waals surface area contributed by atoms with Crippen molar-refractivity contribution in [3.05, 3.63) is 48.1 Å². The maximum Gasteiger partial charge on any atom is 0.330 e. The Morgan fingerprint density at radius 1 is 1.35 bits per heavy atom. The minimum Gasteiger partial charge on any atom is -0.473 e. The molecule has 1 aromatic rings. The quantitative estimate of drug-likeness (QED) is 0.344. The Kier molecular flexibility index (Phi) is 7.65. The highest BCUT2D eigenvalue weighted by atomic mass is 16.5. The Morgan fingerprint density at radius 2 is 2.04 bits per heavy atom. The summed E-state index contributed by atoms with van der Waals surface area (Å²) in [6.07, 6.45) is 3.06. The first-order valence-corrected chi connectivity index (χ1v) is 6.91. The number of rotatable bonds is 8. The maximum atomic E-state index is 11.3. The van der Waals surface area contributed by atoms with Gasteiger partial charge in [-0.15, -0.1) is 0 Å². The molecule has 0 fully saturated rings. The molecule has 0 aromatic heterocycles. The van der Waals surface area contributed by atoms with Gasteiger partial charge in [0.15, 0.2) is 6.73 Å². The van der Waals surface area contributed by atoms with Gasteiger partial charge in [0.05, 0.1) is 12.5 Å². The van der Waals surface area contributed by atoms with Crippen molar-refractivity contribution in [2.75, 3.05) is 13.3 Å². The van der Waals surface area contributed by atoms with Crippen LogP contribution in [0.4, 0.5) is 0 Å². The van der Waals surface area contributed by atoms with Crippen LogP contribution < -0.4 is 10.1 Å². The number of nitriles is 1. The molecule has 1 aromatic carbocycles. The second-order valence-corrected chi connectivity index (χ2v) is 4.55. The number of benzene rings is 1. The summed E-state index contributed by atoms with van der Waals surface area (Å²) in [5, 5.41) is 10.9. The van der Waals surface area contributed by atoms with Crippen LogP contribution >= 0.6 is 0 Å². The number of nitrogens with zero attached hydrogens (tertiary/aromatic N) is 1. The van der Waals surface area contributed by atoms with Crippen LogP contribution in [0.5, 0.6) is 5.75 Å². The van der Waals surface area contributed by atoms with Gasteiger partial charge >= 0.3 is 5.97 Å². The minimum atomic E-state index is -0.497. The fourth-order valence-electron chi connectivity index (χ4n) is 1.42. The van der Waals surface area contributed by atoms with E-state index in [4.69, 9.17) is 14.7 Å². The Hall–Kier alpha value is -3.07. The zero-order valence-electron chi connectivity index (χ0n) is 12.9. The summed E-state index contributed by atoms with van der Waals surface area (Å²) in [5.74, 6) is -0.177. The molecule has 6 nitrogen and oxygen atoms in total. The van der Waals surface area contributed by atoms with E-state index in [0.717, 1.165) is 5.56 Å².